The fourth-order valence-electron chi connectivity index (χ4n) is 4.20. The summed E-state index contributed by atoms with van der Waals surface area (Å²) in [5.74, 6) is -0.0838. The standard InChI is InChI=1S/C25H25FN4OS/c26-22-9-5-4-8-21(22)23-17-30-20(18-32-25(30)27-23)10-11-24(31)29-14-12-28(13-15-29)16-19-6-2-1-3-7-19/h1-9,17-18H,10-16H2. The van der Waals surface area contributed by atoms with Crippen molar-refractivity contribution in [3.05, 3.63) is 83.2 Å². The summed E-state index contributed by atoms with van der Waals surface area (Å²) < 4.78 is 16.1. The highest BCUT2D eigenvalue weighted by Crippen LogP contribution is 2.26. The van der Waals surface area contributed by atoms with E-state index in [1.807, 2.05) is 33.0 Å². The van der Waals surface area contributed by atoms with Crippen LogP contribution in [0.2, 0.25) is 0 Å². The molecule has 1 amide bonds. The number of hydrogen-bond donors (Lipinski definition) is 0. The molecule has 164 valence electrons. The topological polar surface area (TPSA) is 40.9 Å². The van der Waals surface area contributed by atoms with Crippen LogP contribution in [-0.2, 0) is 17.8 Å². The van der Waals surface area contributed by atoms with Crippen LogP contribution in [0, 0.1) is 5.82 Å². The van der Waals surface area contributed by atoms with Gasteiger partial charge in [-0.15, -0.1) is 11.3 Å². The number of amides is 1. The van der Waals surface area contributed by atoms with E-state index in [9.17, 15) is 9.18 Å². The minimum atomic E-state index is -0.276. The van der Waals surface area contributed by atoms with Crippen molar-refractivity contribution in [3.8, 4) is 11.3 Å². The van der Waals surface area contributed by atoms with Crippen LogP contribution < -0.4 is 0 Å². The molecule has 1 aliphatic heterocycles. The lowest BCUT2D eigenvalue weighted by atomic mass is 10.1. The van der Waals surface area contributed by atoms with E-state index in [0.717, 1.165) is 43.4 Å². The molecule has 7 heteroatoms. The first-order valence-electron chi connectivity index (χ1n) is 10.9. The monoisotopic (exact) mass is 448 g/mol. The number of aryl methyl sites for hydroxylation is 1. The van der Waals surface area contributed by atoms with E-state index in [4.69, 9.17) is 0 Å². The number of halogens is 1. The Labute approximate surface area is 190 Å². The zero-order valence-electron chi connectivity index (χ0n) is 17.8. The maximum Gasteiger partial charge on any atom is 0.223 e. The number of carbonyl (C=O) groups is 1. The molecule has 0 radical (unpaired) electrons. The summed E-state index contributed by atoms with van der Waals surface area (Å²) in [7, 11) is 0. The van der Waals surface area contributed by atoms with Crippen molar-refractivity contribution < 1.29 is 9.18 Å². The molecular formula is C25H25FN4OS. The van der Waals surface area contributed by atoms with Gasteiger partial charge < -0.3 is 4.90 Å². The zero-order chi connectivity index (χ0) is 21.9. The van der Waals surface area contributed by atoms with Gasteiger partial charge in [0, 0.05) is 62.0 Å². The van der Waals surface area contributed by atoms with Crippen molar-refractivity contribution in [2.24, 2.45) is 0 Å². The Hall–Kier alpha value is -3.03. The number of nitrogens with zero attached hydrogens (tertiary/aromatic N) is 4. The Kier molecular flexibility index (Phi) is 6.01. The maximum absolute atomic E-state index is 14.1. The Morgan fingerprint density at radius 1 is 1.00 bits per heavy atom. The second kappa shape index (κ2) is 9.22. The average molecular weight is 449 g/mol. The average Bonchev–Trinajstić information content (AvgIpc) is 3.40. The van der Waals surface area contributed by atoms with Gasteiger partial charge in [0.2, 0.25) is 5.91 Å². The highest BCUT2D eigenvalue weighted by molar-refractivity contribution is 7.15. The molecule has 4 aromatic rings. The first-order chi connectivity index (χ1) is 15.7. The molecule has 0 N–H and O–H groups in total. The molecule has 1 aliphatic rings. The number of benzene rings is 2. The van der Waals surface area contributed by atoms with E-state index in [-0.39, 0.29) is 11.7 Å². The van der Waals surface area contributed by atoms with Gasteiger partial charge in [0.15, 0.2) is 4.96 Å². The third-order valence-corrected chi connectivity index (χ3v) is 6.89. The van der Waals surface area contributed by atoms with Gasteiger partial charge in [0.05, 0.1) is 5.69 Å². The predicted molar refractivity (Wildman–Crippen MR) is 125 cm³/mol. The summed E-state index contributed by atoms with van der Waals surface area (Å²) in [4.78, 5) is 22.6. The van der Waals surface area contributed by atoms with Crippen LogP contribution in [0.25, 0.3) is 16.2 Å². The molecule has 0 unspecified atom stereocenters. The minimum Gasteiger partial charge on any atom is -0.340 e. The van der Waals surface area contributed by atoms with Crippen LogP contribution in [0.5, 0.6) is 0 Å². The molecule has 0 atom stereocenters. The van der Waals surface area contributed by atoms with Crippen molar-refractivity contribution >= 4 is 22.2 Å². The van der Waals surface area contributed by atoms with Gasteiger partial charge in [-0.05, 0) is 24.1 Å². The van der Waals surface area contributed by atoms with Crippen LogP contribution in [0.4, 0.5) is 4.39 Å². The van der Waals surface area contributed by atoms with Gasteiger partial charge in [0.25, 0.3) is 0 Å². The summed E-state index contributed by atoms with van der Waals surface area (Å²) in [6.07, 6.45) is 2.99. The molecule has 3 heterocycles. The number of rotatable bonds is 6. The van der Waals surface area contributed by atoms with Crippen molar-refractivity contribution in [2.45, 2.75) is 19.4 Å². The quantitative estimate of drug-likeness (QED) is 0.437. The van der Waals surface area contributed by atoms with Crippen molar-refractivity contribution in [1.29, 1.82) is 0 Å². The normalized spacial score (nSPS) is 14.8. The number of carbonyl (C=O) groups excluding carboxylic acids is 1. The predicted octanol–water partition coefficient (Wildman–Crippen LogP) is 4.48. The first kappa shape index (κ1) is 20.8. The lowest BCUT2D eigenvalue weighted by Crippen LogP contribution is -2.48. The third kappa shape index (κ3) is 4.45. The van der Waals surface area contributed by atoms with E-state index in [0.29, 0.717) is 24.1 Å². The summed E-state index contributed by atoms with van der Waals surface area (Å²) >= 11 is 1.52. The minimum absolute atomic E-state index is 0.193. The summed E-state index contributed by atoms with van der Waals surface area (Å²) in [6, 6.07) is 17.1. The van der Waals surface area contributed by atoms with E-state index >= 15 is 0 Å². The largest absolute Gasteiger partial charge is 0.340 e. The van der Waals surface area contributed by atoms with Crippen LogP contribution >= 0.6 is 11.3 Å². The van der Waals surface area contributed by atoms with Crippen LogP contribution in [0.15, 0.2) is 66.2 Å². The van der Waals surface area contributed by atoms with Gasteiger partial charge in [-0.25, -0.2) is 9.37 Å². The van der Waals surface area contributed by atoms with Crippen molar-refractivity contribution in [2.75, 3.05) is 26.2 Å². The molecule has 0 bridgehead atoms. The second-order valence-corrected chi connectivity index (χ2v) is 8.96. The molecule has 2 aromatic heterocycles. The maximum atomic E-state index is 14.1. The summed E-state index contributed by atoms with van der Waals surface area (Å²) in [5, 5.41) is 2.04. The molecule has 1 fully saturated rings. The summed E-state index contributed by atoms with van der Waals surface area (Å²) in [5.41, 5.74) is 3.47. The Balaban J connectivity index is 1.17. The van der Waals surface area contributed by atoms with Crippen molar-refractivity contribution in [1.82, 2.24) is 19.2 Å². The van der Waals surface area contributed by atoms with Crippen LogP contribution in [-0.4, -0.2) is 51.3 Å². The Morgan fingerprint density at radius 3 is 2.53 bits per heavy atom. The van der Waals surface area contributed by atoms with Gasteiger partial charge in [-0.2, -0.15) is 0 Å². The van der Waals surface area contributed by atoms with Crippen molar-refractivity contribution in [3.63, 3.8) is 0 Å². The Morgan fingerprint density at radius 2 is 1.75 bits per heavy atom. The Bertz CT molecular complexity index is 1210. The highest BCUT2D eigenvalue weighted by atomic mass is 32.1. The molecule has 1 saturated heterocycles. The highest BCUT2D eigenvalue weighted by Gasteiger charge is 2.21. The lowest BCUT2D eigenvalue weighted by Gasteiger charge is -2.34. The van der Waals surface area contributed by atoms with E-state index in [1.54, 1.807) is 12.1 Å². The van der Waals surface area contributed by atoms with Crippen LogP contribution in [0.3, 0.4) is 0 Å². The molecule has 0 spiro atoms. The van der Waals surface area contributed by atoms with Gasteiger partial charge in [0.1, 0.15) is 5.82 Å². The molecule has 0 aliphatic carbocycles. The number of imidazole rings is 1. The SMILES string of the molecule is O=C(CCc1csc2nc(-c3ccccc3F)cn12)N1CCN(Cc2ccccc2)CC1. The molecule has 5 nitrogen and oxygen atoms in total. The summed E-state index contributed by atoms with van der Waals surface area (Å²) in [6.45, 7) is 4.27. The fraction of sp³-hybridized carbons (Fsp3) is 0.280. The van der Waals surface area contributed by atoms with E-state index in [2.05, 4.69) is 34.1 Å². The number of piperazine rings is 1. The lowest BCUT2D eigenvalue weighted by molar-refractivity contribution is -0.133. The molecule has 32 heavy (non-hydrogen) atoms. The smallest absolute Gasteiger partial charge is 0.223 e. The van der Waals surface area contributed by atoms with E-state index in [1.165, 1.54) is 23.0 Å². The van der Waals surface area contributed by atoms with Gasteiger partial charge in [-0.3, -0.25) is 14.1 Å². The van der Waals surface area contributed by atoms with Gasteiger partial charge in [-0.1, -0.05) is 42.5 Å². The number of thiazole rings is 1. The van der Waals surface area contributed by atoms with Gasteiger partial charge >= 0.3 is 0 Å². The molecule has 0 saturated carbocycles. The number of aromatic nitrogens is 2. The zero-order valence-corrected chi connectivity index (χ0v) is 18.6. The number of fused-ring (bicyclic) bond motifs is 1. The molecule has 2 aromatic carbocycles. The molecule has 5 rings (SSSR count). The van der Waals surface area contributed by atoms with Crippen LogP contribution in [0.1, 0.15) is 17.7 Å². The number of hydrogen-bond acceptors (Lipinski definition) is 4. The molecular weight excluding hydrogens is 423 g/mol. The van der Waals surface area contributed by atoms with E-state index < -0.39 is 0 Å². The fourth-order valence-corrected chi connectivity index (χ4v) is 5.11. The second-order valence-electron chi connectivity index (χ2n) is 8.13. The first-order valence-corrected chi connectivity index (χ1v) is 11.8. The third-order valence-electron chi connectivity index (χ3n) is 6.00.